The molecule has 41 heavy (non-hydrogen) atoms. The molecule has 7 amide bonds. The van der Waals surface area contributed by atoms with E-state index in [0.717, 1.165) is 0 Å². The second kappa shape index (κ2) is 15.3. The number of rotatable bonds is 5. The Labute approximate surface area is 237 Å². The summed E-state index contributed by atoms with van der Waals surface area (Å²) in [6, 6.07) is -5.69. The largest absolute Gasteiger partial charge is 0.368 e. The van der Waals surface area contributed by atoms with E-state index >= 15 is 0 Å². The van der Waals surface area contributed by atoms with Gasteiger partial charge in [0.05, 0.1) is 12.0 Å². The predicted molar refractivity (Wildman–Crippen MR) is 144 cm³/mol. The van der Waals surface area contributed by atoms with Gasteiger partial charge in [0.15, 0.2) is 0 Å². The molecular weight excluding hydrogens is 538 g/mol. The summed E-state index contributed by atoms with van der Waals surface area (Å²) in [5, 5.41) is 15.3. The van der Waals surface area contributed by atoms with Crippen molar-refractivity contribution in [3.8, 4) is 0 Å². The lowest BCUT2D eigenvalue weighted by Gasteiger charge is -2.26. The van der Waals surface area contributed by atoms with E-state index in [4.69, 9.17) is 5.73 Å². The van der Waals surface area contributed by atoms with Crippen LogP contribution in [0.5, 0.6) is 0 Å². The van der Waals surface area contributed by atoms with Gasteiger partial charge in [-0.15, -0.1) is 0 Å². The SMILES string of the molecule is CC(=O)NC1CCC(=O)NCCC(C(N)=O)NC(=O)[C@H](C(C)C)NC(=O)[C@H](C)NC(=O)[C@H](Cc2c[nH]cn2)NC1=O. The van der Waals surface area contributed by atoms with Crippen LogP contribution in [0.15, 0.2) is 12.5 Å². The molecule has 1 aromatic rings. The number of carbonyl (C=O) groups excluding carboxylic acids is 7. The summed E-state index contributed by atoms with van der Waals surface area (Å²) in [5.74, 6) is -5.03. The zero-order valence-corrected chi connectivity index (χ0v) is 23.5. The number of nitrogens with zero attached hydrogens (tertiary/aromatic N) is 1. The molecule has 1 saturated heterocycles. The molecule has 0 aliphatic carbocycles. The van der Waals surface area contributed by atoms with Gasteiger partial charge in [0.2, 0.25) is 41.4 Å². The molecule has 5 atom stereocenters. The zero-order chi connectivity index (χ0) is 30.7. The van der Waals surface area contributed by atoms with E-state index in [9.17, 15) is 33.6 Å². The maximum atomic E-state index is 13.2. The molecule has 1 aromatic heterocycles. The number of aromatic nitrogens is 2. The van der Waals surface area contributed by atoms with E-state index in [2.05, 4.69) is 41.9 Å². The number of primary amides is 1. The van der Waals surface area contributed by atoms with E-state index in [1.165, 1.54) is 26.4 Å². The molecule has 16 heteroatoms. The molecule has 0 aromatic carbocycles. The van der Waals surface area contributed by atoms with Crippen LogP contribution in [0.3, 0.4) is 0 Å². The number of carbonyl (C=O) groups is 7. The second-order valence-electron chi connectivity index (χ2n) is 10.2. The van der Waals surface area contributed by atoms with Gasteiger partial charge in [0.1, 0.15) is 30.2 Å². The third-order valence-electron chi connectivity index (χ3n) is 6.37. The van der Waals surface area contributed by atoms with Crippen molar-refractivity contribution in [3.05, 3.63) is 18.2 Å². The number of H-pyrrole nitrogens is 1. The van der Waals surface area contributed by atoms with Gasteiger partial charge in [-0.25, -0.2) is 4.98 Å². The Balaban J connectivity index is 2.37. The van der Waals surface area contributed by atoms with E-state index in [1.807, 2.05) is 0 Å². The van der Waals surface area contributed by atoms with Crippen molar-refractivity contribution < 1.29 is 33.6 Å². The summed E-state index contributed by atoms with van der Waals surface area (Å²) in [6.07, 6.45) is 2.58. The Kier molecular flexibility index (Phi) is 12.2. The predicted octanol–water partition coefficient (Wildman–Crippen LogP) is -3.14. The fraction of sp³-hybridized carbons (Fsp3) is 0.600. The second-order valence-corrected chi connectivity index (χ2v) is 10.2. The number of nitrogens with one attached hydrogen (secondary N) is 7. The molecule has 9 N–H and O–H groups in total. The van der Waals surface area contributed by atoms with Crippen molar-refractivity contribution in [1.82, 2.24) is 41.9 Å². The molecule has 1 aliphatic heterocycles. The zero-order valence-electron chi connectivity index (χ0n) is 23.5. The summed E-state index contributed by atoms with van der Waals surface area (Å²) in [6.45, 7) is 5.96. The summed E-state index contributed by atoms with van der Waals surface area (Å²) in [7, 11) is 0. The van der Waals surface area contributed by atoms with Gasteiger partial charge in [-0.2, -0.15) is 0 Å². The first-order valence-electron chi connectivity index (χ1n) is 13.3. The number of nitrogens with two attached hydrogens (primary N) is 1. The van der Waals surface area contributed by atoms with Crippen LogP contribution < -0.4 is 37.6 Å². The van der Waals surface area contributed by atoms with Crippen LogP contribution >= 0.6 is 0 Å². The molecule has 1 fully saturated rings. The normalized spacial score (nSPS) is 25.8. The molecule has 0 saturated carbocycles. The van der Waals surface area contributed by atoms with Gasteiger partial charge in [-0.3, -0.25) is 33.6 Å². The molecule has 1 aliphatic rings. The van der Waals surface area contributed by atoms with E-state index in [0.29, 0.717) is 5.69 Å². The van der Waals surface area contributed by atoms with Gasteiger partial charge in [-0.1, -0.05) is 13.8 Å². The van der Waals surface area contributed by atoms with Crippen molar-refractivity contribution in [2.45, 2.75) is 83.6 Å². The quantitative estimate of drug-likeness (QED) is 0.177. The van der Waals surface area contributed by atoms with Gasteiger partial charge < -0.3 is 42.6 Å². The van der Waals surface area contributed by atoms with Crippen molar-refractivity contribution >= 4 is 41.4 Å². The molecular formula is C25H39N9O7. The molecule has 2 rings (SSSR count). The van der Waals surface area contributed by atoms with Crippen molar-refractivity contribution in [2.75, 3.05) is 6.54 Å². The highest BCUT2D eigenvalue weighted by molar-refractivity contribution is 5.96. The molecule has 0 radical (unpaired) electrons. The van der Waals surface area contributed by atoms with Crippen LogP contribution in [0.4, 0.5) is 0 Å². The Morgan fingerprint density at radius 1 is 1.00 bits per heavy atom. The van der Waals surface area contributed by atoms with E-state index in [1.54, 1.807) is 13.8 Å². The molecule has 0 bridgehead atoms. The van der Waals surface area contributed by atoms with Crippen molar-refractivity contribution in [1.29, 1.82) is 0 Å². The number of aromatic amines is 1. The molecule has 2 unspecified atom stereocenters. The van der Waals surface area contributed by atoms with Crippen molar-refractivity contribution in [3.63, 3.8) is 0 Å². The summed E-state index contributed by atoms with van der Waals surface area (Å²) in [5.41, 5.74) is 5.88. The van der Waals surface area contributed by atoms with Gasteiger partial charge in [0, 0.05) is 32.5 Å². The van der Waals surface area contributed by atoms with Gasteiger partial charge >= 0.3 is 0 Å². The third kappa shape index (κ3) is 10.5. The molecule has 226 valence electrons. The lowest BCUT2D eigenvalue weighted by atomic mass is 10.0. The highest BCUT2D eigenvalue weighted by Gasteiger charge is 2.32. The average molecular weight is 578 g/mol. The van der Waals surface area contributed by atoms with Crippen LogP contribution in [0.2, 0.25) is 0 Å². The summed E-state index contributed by atoms with van der Waals surface area (Å²) >= 11 is 0. The highest BCUT2D eigenvalue weighted by Crippen LogP contribution is 2.07. The van der Waals surface area contributed by atoms with Crippen molar-refractivity contribution in [2.24, 2.45) is 11.7 Å². The Hall–Kier alpha value is -4.50. The minimum Gasteiger partial charge on any atom is -0.368 e. The topological polar surface area (TPSA) is 246 Å². The van der Waals surface area contributed by atoms with Crippen LogP contribution in [0, 0.1) is 5.92 Å². The van der Waals surface area contributed by atoms with Crippen LogP contribution in [0.1, 0.15) is 52.7 Å². The van der Waals surface area contributed by atoms with E-state index in [-0.39, 0.29) is 32.2 Å². The summed E-state index contributed by atoms with van der Waals surface area (Å²) < 4.78 is 0. The first kappa shape index (κ1) is 32.7. The first-order valence-corrected chi connectivity index (χ1v) is 13.3. The minimum absolute atomic E-state index is 0.0242. The fourth-order valence-electron chi connectivity index (χ4n) is 4.07. The van der Waals surface area contributed by atoms with Crippen LogP contribution in [-0.4, -0.2) is 88.1 Å². The standard InChI is InChI=1S/C25H39N9O7/c1-12(2)20-25(41)32-16(21(26)37)7-8-28-19(36)6-5-17(31-14(4)35)23(39)33-18(9-15-10-27-11-29-15)24(40)30-13(3)22(38)34-20/h10-13,16-18,20H,5-9H2,1-4H3,(H2,26,37)(H,27,29)(H,28,36)(H,30,40)(H,31,35)(H,32,41)(H,33,39)(H,34,38)/t13-,16?,17?,18-,20-/m0/s1. The number of amides is 7. The summed E-state index contributed by atoms with van der Waals surface area (Å²) in [4.78, 5) is 95.4. The maximum Gasteiger partial charge on any atom is 0.243 e. The smallest absolute Gasteiger partial charge is 0.243 e. The molecule has 16 nitrogen and oxygen atoms in total. The van der Waals surface area contributed by atoms with Crippen LogP contribution in [-0.2, 0) is 40.0 Å². The number of imidazole rings is 1. The fourth-order valence-corrected chi connectivity index (χ4v) is 4.07. The van der Waals surface area contributed by atoms with Gasteiger partial charge in [-0.05, 0) is 25.7 Å². The molecule has 0 spiro atoms. The maximum absolute atomic E-state index is 13.2. The van der Waals surface area contributed by atoms with Crippen LogP contribution in [0.25, 0.3) is 0 Å². The highest BCUT2D eigenvalue weighted by atomic mass is 16.2. The Morgan fingerprint density at radius 2 is 1.71 bits per heavy atom. The van der Waals surface area contributed by atoms with Gasteiger partial charge in [0.25, 0.3) is 0 Å². The third-order valence-corrected chi connectivity index (χ3v) is 6.37. The lowest BCUT2D eigenvalue weighted by molar-refractivity contribution is -0.135. The Bertz CT molecular complexity index is 1120. The number of hydrogen-bond acceptors (Lipinski definition) is 8. The van der Waals surface area contributed by atoms with E-state index < -0.39 is 77.5 Å². The Morgan fingerprint density at radius 3 is 2.29 bits per heavy atom. The first-order chi connectivity index (χ1) is 19.3. The molecule has 2 heterocycles. The lowest BCUT2D eigenvalue weighted by Crippen LogP contribution is -2.59. The minimum atomic E-state index is -1.20. The average Bonchev–Trinajstić information content (AvgIpc) is 3.40. The number of hydrogen-bond donors (Lipinski definition) is 8. The monoisotopic (exact) mass is 577 g/mol.